The molecule has 2 fully saturated rings. The van der Waals surface area contributed by atoms with E-state index in [4.69, 9.17) is 9.72 Å². The maximum atomic E-state index is 12.4. The fraction of sp³-hybridized carbons (Fsp3) is 0.300. The summed E-state index contributed by atoms with van der Waals surface area (Å²) in [6.07, 6.45) is 5.11. The molecule has 6 rings (SSSR count). The summed E-state index contributed by atoms with van der Waals surface area (Å²) in [4.78, 5) is 26.4. The first-order valence-electron chi connectivity index (χ1n) is 13.2. The normalized spacial score (nSPS) is 18.8. The number of aryl methyl sites for hydroxylation is 1. The number of benzene rings is 2. The predicted molar refractivity (Wildman–Crippen MR) is 156 cm³/mol. The molecule has 2 saturated heterocycles. The Morgan fingerprint density at radius 1 is 1.08 bits per heavy atom. The van der Waals surface area contributed by atoms with E-state index in [9.17, 15) is 4.79 Å². The van der Waals surface area contributed by atoms with E-state index in [0.717, 1.165) is 54.0 Å². The smallest absolute Gasteiger partial charge is 0.247 e. The Morgan fingerprint density at radius 3 is 2.59 bits per heavy atom. The molecule has 2 N–H and O–H groups in total. The fourth-order valence-corrected chi connectivity index (χ4v) is 6.04. The van der Waals surface area contributed by atoms with Crippen molar-refractivity contribution >= 4 is 39.8 Å². The molecule has 200 valence electrons. The highest BCUT2D eigenvalue weighted by molar-refractivity contribution is 6.02. The molecule has 0 spiro atoms. The van der Waals surface area contributed by atoms with E-state index in [2.05, 4.69) is 61.9 Å². The summed E-state index contributed by atoms with van der Waals surface area (Å²) < 4.78 is 7.90. The van der Waals surface area contributed by atoms with Gasteiger partial charge in [-0.05, 0) is 43.2 Å². The molecule has 0 bridgehead atoms. The molecule has 4 heterocycles. The predicted octanol–water partition coefficient (Wildman–Crippen LogP) is 4.51. The number of carbonyl (C=O) groups is 1. The zero-order valence-electron chi connectivity index (χ0n) is 22.5. The van der Waals surface area contributed by atoms with Crippen LogP contribution in [0.25, 0.3) is 22.2 Å². The van der Waals surface area contributed by atoms with Gasteiger partial charge in [0.2, 0.25) is 11.9 Å². The van der Waals surface area contributed by atoms with Crippen LogP contribution in [0.5, 0.6) is 5.75 Å². The van der Waals surface area contributed by atoms with E-state index < -0.39 is 0 Å². The van der Waals surface area contributed by atoms with Crippen LogP contribution in [0.4, 0.5) is 23.0 Å². The second-order valence-electron chi connectivity index (χ2n) is 10.5. The lowest BCUT2D eigenvalue weighted by atomic mass is 10.0. The zero-order chi connectivity index (χ0) is 27.1. The summed E-state index contributed by atoms with van der Waals surface area (Å²) in [6, 6.07) is 14.0. The third kappa shape index (κ3) is 4.70. The van der Waals surface area contributed by atoms with Crippen molar-refractivity contribution in [1.82, 2.24) is 19.4 Å². The highest BCUT2D eigenvalue weighted by Gasteiger charge is 2.39. The van der Waals surface area contributed by atoms with Gasteiger partial charge in [-0.2, -0.15) is 0 Å². The minimum absolute atomic E-state index is 0.263. The Balaban J connectivity index is 1.34. The van der Waals surface area contributed by atoms with Crippen LogP contribution in [0.2, 0.25) is 0 Å². The average molecular weight is 524 g/mol. The van der Waals surface area contributed by atoms with Gasteiger partial charge < -0.3 is 29.7 Å². The van der Waals surface area contributed by atoms with Crippen molar-refractivity contribution < 1.29 is 9.53 Å². The summed E-state index contributed by atoms with van der Waals surface area (Å²) in [6.45, 7) is 7.70. The summed E-state index contributed by atoms with van der Waals surface area (Å²) in [5.74, 6) is 2.06. The topological polar surface area (TPSA) is 87.5 Å². The molecule has 0 aliphatic carbocycles. The number of rotatable bonds is 7. The molecule has 2 aromatic carbocycles. The van der Waals surface area contributed by atoms with E-state index in [0.29, 0.717) is 34.9 Å². The summed E-state index contributed by atoms with van der Waals surface area (Å²) in [5, 5.41) is 7.46. The Morgan fingerprint density at radius 2 is 1.85 bits per heavy atom. The van der Waals surface area contributed by atoms with Crippen LogP contribution in [0.15, 0.2) is 67.5 Å². The molecular weight excluding hydrogens is 490 g/mol. The Hall–Kier alpha value is -4.37. The number of hydrogen-bond donors (Lipinski definition) is 2. The largest absolute Gasteiger partial charge is 0.494 e. The van der Waals surface area contributed by atoms with Gasteiger partial charge >= 0.3 is 0 Å². The SMILES string of the molecule is C=CC(=O)Nc1cc(Nc2nccc(-c3cn(C)c4ccccc34)n2)c(OC)cc1N1C[C@H]2CN(C)C[C@H]2C1. The molecule has 1 amide bonds. The third-order valence-corrected chi connectivity index (χ3v) is 7.85. The van der Waals surface area contributed by atoms with Crippen LogP contribution in [-0.4, -0.2) is 65.7 Å². The van der Waals surface area contributed by atoms with Crippen LogP contribution < -0.4 is 20.3 Å². The van der Waals surface area contributed by atoms with Crippen molar-refractivity contribution in [2.75, 3.05) is 55.9 Å². The number of likely N-dealkylation sites (tertiary alicyclic amines) is 1. The third-order valence-electron chi connectivity index (χ3n) is 7.85. The number of ether oxygens (including phenoxy) is 1. The van der Waals surface area contributed by atoms with Gasteiger partial charge in [0.25, 0.3) is 0 Å². The van der Waals surface area contributed by atoms with Crippen molar-refractivity contribution in [3.63, 3.8) is 0 Å². The number of para-hydroxylation sites is 1. The lowest BCUT2D eigenvalue weighted by Gasteiger charge is -2.26. The van der Waals surface area contributed by atoms with Gasteiger partial charge in [-0.15, -0.1) is 0 Å². The second-order valence-corrected chi connectivity index (χ2v) is 10.5. The number of nitrogens with zero attached hydrogens (tertiary/aromatic N) is 5. The van der Waals surface area contributed by atoms with Crippen LogP contribution in [0.1, 0.15) is 0 Å². The van der Waals surface area contributed by atoms with Crippen molar-refractivity contribution in [3.8, 4) is 17.0 Å². The van der Waals surface area contributed by atoms with Crippen molar-refractivity contribution in [2.45, 2.75) is 0 Å². The minimum atomic E-state index is -0.263. The number of hydrogen-bond acceptors (Lipinski definition) is 7. The molecule has 4 aromatic rings. The van der Waals surface area contributed by atoms with E-state index in [1.54, 1.807) is 13.3 Å². The first-order valence-corrected chi connectivity index (χ1v) is 13.2. The van der Waals surface area contributed by atoms with Gasteiger partial charge in [-0.3, -0.25) is 4.79 Å². The second kappa shape index (κ2) is 10.1. The molecule has 9 nitrogen and oxygen atoms in total. The Labute approximate surface area is 228 Å². The number of methoxy groups -OCH3 is 1. The molecular formula is C30H33N7O2. The lowest BCUT2D eigenvalue weighted by Crippen LogP contribution is -2.27. The molecule has 2 atom stereocenters. The quantitative estimate of drug-likeness (QED) is 0.345. The van der Waals surface area contributed by atoms with Crippen molar-refractivity contribution in [2.24, 2.45) is 18.9 Å². The van der Waals surface area contributed by atoms with E-state index >= 15 is 0 Å². The van der Waals surface area contributed by atoms with Crippen molar-refractivity contribution in [1.29, 1.82) is 0 Å². The number of fused-ring (bicyclic) bond motifs is 2. The Kier molecular flexibility index (Phi) is 6.44. The van der Waals surface area contributed by atoms with Crippen LogP contribution in [0, 0.1) is 11.8 Å². The maximum Gasteiger partial charge on any atom is 0.247 e. The first kappa shape index (κ1) is 24.9. The van der Waals surface area contributed by atoms with Crippen LogP contribution in [0.3, 0.4) is 0 Å². The molecule has 2 aliphatic rings. The number of amides is 1. The number of carbonyl (C=O) groups excluding carboxylic acids is 1. The van der Waals surface area contributed by atoms with Crippen LogP contribution in [-0.2, 0) is 11.8 Å². The molecule has 2 aromatic heterocycles. The number of anilines is 4. The molecule has 0 radical (unpaired) electrons. The molecule has 9 heteroatoms. The van der Waals surface area contributed by atoms with Crippen molar-refractivity contribution in [3.05, 3.63) is 67.5 Å². The highest BCUT2D eigenvalue weighted by Crippen LogP contribution is 2.42. The van der Waals surface area contributed by atoms with E-state index in [-0.39, 0.29) is 5.91 Å². The summed E-state index contributed by atoms with van der Waals surface area (Å²) in [5.41, 5.74) is 5.28. The van der Waals surface area contributed by atoms with Gasteiger partial charge in [-0.25, -0.2) is 9.97 Å². The van der Waals surface area contributed by atoms with Gasteiger partial charge in [-0.1, -0.05) is 24.8 Å². The molecule has 39 heavy (non-hydrogen) atoms. The number of nitrogens with one attached hydrogen (secondary N) is 2. The average Bonchev–Trinajstić information content (AvgIpc) is 3.60. The number of aromatic nitrogens is 3. The highest BCUT2D eigenvalue weighted by atomic mass is 16.5. The van der Waals surface area contributed by atoms with Gasteiger partial charge in [0.1, 0.15) is 5.75 Å². The molecule has 0 saturated carbocycles. The maximum absolute atomic E-state index is 12.4. The first-order chi connectivity index (χ1) is 18.9. The van der Waals surface area contributed by atoms with Crippen LogP contribution >= 0.6 is 0 Å². The summed E-state index contributed by atoms with van der Waals surface area (Å²) >= 11 is 0. The lowest BCUT2D eigenvalue weighted by molar-refractivity contribution is -0.111. The summed E-state index contributed by atoms with van der Waals surface area (Å²) in [7, 11) is 5.86. The standard InChI is InChI=1S/C30H33N7O2/c1-5-29(38)32-24-12-25(28(39-4)13-27(24)37-16-19-14-35(2)15-20(19)17-37)34-30-31-11-10-23(33-30)22-18-36(3)26-9-7-6-8-21(22)26/h5-13,18-20H,1,14-17H2,2-4H3,(H,32,38)(H,31,33,34)/t19-,20+. The van der Waals surface area contributed by atoms with Gasteiger partial charge in [0.15, 0.2) is 0 Å². The molecule has 0 unspecified atom stereocenters. The monoisotopic (exact) mass is 523 g/mol. The Bertz CT molecular complexity index is 1550. The zero-order valence-corrected chi connectivity index (χ0v) is 22.5. The van der Waals surface area contributed by atoms with E-state index in [1.807, 2.05) is 37.4 Å². The van der Waals surface area contributed by atoms with Gasteiger partial charge in [0.05, 0.1) is 29.9 Å². The van der Waals surface area contributed by atoms with Gasteiger partial charge in [0, 0.05) is 68.2 Å². The molecule has 2 aliphatic heterocycles. The minimum Gasteiger partial charge on any atom is -0.494 e. The fourth-order valence-electron chi connectivity index (χ4n) is 6.04. The van der Waals surface area contributed by atoms with E-state index in [1.165, 1.54) is 6.08 Å².